The average Bonchev–Trinajstić information content (AvgIpc) is 3.47. The van der Waals surface area contributed by atoms with E-state index in [1.165, 1.54) is 4.31 Å². The molecule has 1 fully saturated rings. The summed E-state index contributed by atoms with van der Waals surface area (Å²) in [6, 6.07) is 11.3. The highest BCUT2D eigenvalue weighted by atomic mass is 32.2. The van der Waals surface area contributed by atoms with Crippen molar-refractivity contribution in [2.45, 2.75) is 18.9 Å². The summed E-state index contributed by atoms with van der Waals surface area (Å²) in [7, 11) is -3.32. The van der Waals surface area contributed by atoms with Crippen molar-refractivity contribution in [2.75, 3.05) is 29.9 Å². The van der Waals surface area contributed by atoms with Crippen LogP contribution in [0.15, 0.2) is 48.9 Å². The zero-order chi connectivity index (χ0) is 23.9. The van der Waals surface area contributed by atoms with Gasteiger partial charge in [-0.05, 0) is 37.3 Å². The van der Waals surface area contributed by atoms with Crippen LogP contribution in [0.1, 0.15) is 13.3 Å². The Balaban J connectivity index is 1.49. The van der Waals surface area contributed by atoms with Crippen LogP contribution in [0.4, 0.5) is 17.3 Å². The summed E-state index contributed by atoms with van der Waals surface area (Å²) in [5, 5.41) is 17.9. The Labute approximate surface area is 196 Å². The standard InChI is InChI=1S/C22H23N9O2S/c1-2-34(32,33)30-13-22(14-30,8-9-23)31-12-15(11-26-31)19-18-7-10-25-20(18)29-21(28-19)27-17-5-3-16(24)4-6-17/h3-7,10-12H,2,8,13-14,24H2,1H3,(H2,25,27,28,29). The lowest BCUT2D eigenvalue weighted by Gasteiger charge is -2.47. The number of hydrogen-bond acceptors (Lipinski definition) is 8. The highest BCUT2D eigenvalue weighted by Crippen LogP contribution is 2.36. The Morgan fingerprint density at radius 2 is 2.00 bits per heavy atom. The minimum Gasteiger partial charge on any atom is -0.399 e. The molecule has 5 rings (SSSR count). The lowest BCUT2D eigenvalue weighted by Crippen LogP contribution is -2.64. The first kappa shape index (κ1) is 21.9. The summed E-state index contributed by atoms with van der Waals surface area (Å²) >= 11 is 0. The van der Waals surface area contributed by atoms with Gasteiger partial charge in [0.1, 0.15) is 11.2 Å². The smallest absolute Gasteiger partial charge is 0.229 e. The van der Waals surface area contributed by atoms with Gasteiger partial charge in [-0.2, -0.15) is 19.6 Å². The Hall–Kier alpha value is -3.95. The van der Waals surface area contributed by atoms with Crippen LogP contribution < -0.4 is 11.1 Å². The van der Waals surface area contributed by atoms with E-state index in [0.29, 0.717) is 23.0 Å². The molecular formula is C22H23N9O2S. The first-order valence-corrected chi connectivity index (χ1v) is 12.3. The van der Waals surface area contributed by atoms with Crippen LogP contribution in [-0.4, -0.2) is 56.3 Å². The number of benzene rings is 1. The Morgan fingerprint density at radius 3 is 2.71 bits per heavy atom. The van der Waals surface area contributed by atoms with Crippen molar-refractivity contribution >= 4 is 38.4 Å². The van der Waals surface area contributed by atoms with Gasteiger partial charge in [0.05, 0.1) is 30.1 Å². The molecule has 174 valence electrons. The van der Waals surface area contributed by atoms with Crippen LogP contribution in [0.5, 0.6) is 0 Å². The van der Waals surface area contributed by atoms with Crippen molar-refractivity contribution in [3.05, 3.63) is 48.9 Å². The highest BCUT2D eigenvalue weighted by Gasteiger charge is 2.49. The van der Waals surface area contributed by atoms with E-state index >= 15 is 0 Å². The maximum Gasteiger partial charge on any atom is 0.229 e. The van der Waals surface area contributed by atoms with Crippen LogP contribution in [-0.2, 0) is 15.6 Å². The number of sulfonamides is 1. The van der Waals surface area contributed by atoms with E-state index < -0.39 is 15.6 Å². The van der Waals surface area contributed by atoms with Gasteiger partial charge < -0.3 is 16.0 Å². The van der Waals surface area contributed by atoms with Crippen LogP contribution in [0.3, 0.4) is 0 Å². The van der Waals surface area contributed by atoms with Crippen LogP contribution >= 0.6 is 0 Å². The van der Waals surface area contributed by atoms with Crippen LogP contribution in [0.25, 0.3) is 22.3 Å². The number of anilines is 3. The lowest BCUT2D eigenvalue weighted by molar-refractivity contribution is 0.0719. The molecule has 0 unspecified atom stereocenters. The summed E-state index contributed by atoms with van der Waals surface area (Å²) < 4.78 is 27.6. The second-order valence-electron chi connectivity index (χ2n) is 8.28. The van der Waals surface area contributed by atoms with Gasteiger partial charge >= 0.3 is 0 Å². The summed E-state index contributed by atoms with van der Waals surface area (Å²) in [5.74, 6) is 0.425. The topological polar surface area (TPSA) is 159 Å². The summed E-state index contributed by atoms with van der Waals surface area (Å²) in [6.45, 7) is 2.04. The second-order valence-corrected chi connectivity index (χ2v) is 10.5. The van der Waals surface area contributed by atoms with Crippen molar-refractivity contribution in [3.8, 4) is 17.3 Å². The van der Waals surface area contributed by atoms with Crippen LogP contribution in [0, 0.1) is 11.3 Å². The molecule has 12 heteroatoms. The van der Waals surface area contributed by atoms with E-state index in [1.807, 2.05) is 24.4 Å². The van der Waals surface area contributed by atoms with Crippen molar-refractivity contribution in [2.24, 2.45) is 0 Å². The Kier molecular flexibility index (Phi) is 5.22. The van der Waals surface area contributed by atoms with Gasteiger partial charge in [0.15, 0.2) is 0 Å². The SMILES string of the molecule is CCS(=O)(=O)N1CC(CC#N)(n2cc(-c3nc(Nc4ccc(N)cc4)nc4[nH]ccc34)cn2)C1. The van der Waals surface area contributed by atoms with E-state index in [1.54, 1.807) is 36.1 Å². The molecule has 0 atom stereocenters. The maximum absolute atomic E-state index is 12.2. The maximum atomic E-state index is 12.2. The molecule has 0 radical (unpaired) electrons. The molecule has 3 aromatic heterocycles. The van der Waals surface area contributed by atoms with Crippen molar-refractivity contribution in [1.29, 1.82) is 5.26 Å². The van der Waals surface area contributed by atoms with Gasteiger partial charge in [0, 0.05) is 47.8 Å². The fraction of sp³-hybridized carbons (Fsp3) is 0.273. The summed E-state index contributed by atoms with van der Waals surface area (Å²) in [4.78, 5) is 12.4. The molecule has 11 nitrogen and oxygen atoms in total. The van der Waals surface area contributed by atoms with Crippen LogP contribution in [0.2, 0.25) is 0 Å². The molecule has 4 N–H and O–H groups in total. The quantitative estimate of drug-likeness (QED) is 0.342. The molecule has 4 aromatic rings. The number of H-pyrrole nitrogens is 1. The summed E-state index contributed by atoms with van der Waals surface area (Å²) in [5.41, 5.74) is 8.58. The van der Waals surface area contributed by atoms with Gasteiger partial charge in [-0.25, -0.2) is 13.4 Å². The van der Waals surface area contributed by atoms with E-state index in [9.17, 15) is 13.7 Å². The highest BCUT2D eigenvalue weighted by molar-refractivity contribution is 7.89. The largest absolute Gasteiger partial charge is 0.399 e. The van der Waals surface area contributed by atoms with Crippen molar-refractivity contribution in [3.63, 3.8) is 0 Å². The average molecular weight is 478 g/mol. The molecular weight excluding hydrogens is 454 g/mol. The Bertz CT molecular complexity index is 1490. The normalized spacial score (nSPS) is 15.6. The number of nitrogens with one attached hydrogen (secondary N) is 2. The molecule has 1 aliphatic heterocycles. The van der Waals surface area contributed by atoms with Gasteiger partial charge in [0.2, 0.25) is 16.0 Å². The number of aromatic nitrogens is 5. The number of aromatic amines is 1. The molecule has 0 aliphatic carbocycles. The number of nitrogen functional groups attached to an aromatic ring is 1. The molecule has 0 saturated carbocycles. The Morgan fingerprint density at radius 1 is 1.24 bits per heavy atom. The first-order valence-electron chi connectivity index (χ1n) is 10.7. The third-order valence-electron chi connectivity index (χ3n) is 6.03. The number of nitriles is 1. The third-order valence-corrected chi connectivity index (χ3v) is 7.81. The second kappa shape index (κ2) is 8.12. The monoisotopic (exact) mass is 477 g/mol. The zero-order valence-electron chi connectivity index (χ0n) is 18.4. The zero-order valence-corrected chi connectivity index (χ0v) is 19.2. The van der Waals surface area contributed by atoms with Gasteiger partial charge in [0.25, 0.3) is 0 Å². The van der Waals surface area contributed by atoms with Gasteiger partial charge in [-0.3, -0.25) is 4.68 Å². The van der Waals surface area contributed by atoms with Crippen molar-refractivity contribution < 1.29 is 8.42 Å². The number of hydrogen-bond donors (Lipinski definition) is 3. The fourth-order valence-electron chi connectivity index (χ4n) is 4.09. The van der Waals surface area contributed by atoms with E-state index in [2.05, 4.69) is 26.5 Å². The molecule has 34 heavy (non-hydrogen) atoms. The molecule has 1 aliphatic rings. The predicted molar refractivity (Wildman–Crippen MR) is 128 cm³/mol. The molecule has 1 aromatic carbocycles. The van der Waals surface area contributed by atoms with Crippen molar-refractivity contribution in [1.82, 2.24) is 29.0 Å². The number of nitrogens with two attached hydrogens (primary N) is 1. The van der Waals surface area contributed by atoms with E-state index in [-0.39, 0.29) is 25.3 Å². The molecule has 0 spiro atoms. The minimum atomic E-state index is -3.32. The van der Waals surface area contributed by atoms with E-state index in [0.717, 1.165) is 16.6 Å². The number of fused-ring (bicyclic) bond motifs is 1. The first-order chi connectivity index (χ1) is 16.3. The van der Waals surface area contributed by atoms with Gasteiger partial charge in [-0.15, -0.1) is 0 Å². The number of nitrogens with zero attached hydrogens (tertiary/aromatic N) is 6. The predicted octanol–water partition coefficient (Wildman–Crippen LogP) is 2.42. The molecule has 0 amide bonds. The van der Waals surface area contributed by atoms with E-state index in [4.69, 9.17) is 10.7 Å². The summed E-state index contributed by atoms with van der Waals surface area (Å²) in [6.07, 6.45) is 5.43. The minimum absolute atomic E-state index is 0.0240. The molecule has 1 saturated heterocycles. The number of rotatable bonds is 7. The lowest BCUT2D eigenvalue weighted by atomic mass is 9.89. The molecule has 0 bridgehead atoms. The molecule has 4 heterocycles. The fourth-order valence-corrected chi connectivity index (χ4v) is 5.33. The third kappa shape index (κ3) is 3.74. The van der Waals surface area contributed by atoms with Gasteiger partial charge in [-0.1, -0.05) is 0 Å².